The van der Waals surface area contributed by atoms with Gasteiger partial charge >= 0.3 is 0 Å². The van der Waals surface area contributed by atoms with Gasteiger partial charge in [0.05, 0.1) is 6.20 Å². The fourth-order valence-electron chi connectivity index (χ4n) is 0.358. The highest BCUT2D eigenvalue weighted by atomic mass is 35.5. The molecule has 1 aromatic rings. The van der Waals surface area contributed by atoms with Gasteiger partial charge in [0, 0.05) is 0 Å². The number of nitrogen functional groups attached to an aromatic ring is 1. The van der Waals surface area contributed by atoms with E-state index >= 15 is 0 Å². The third-order valence-corrected chi connectivity index (χ3v) is 0.924. The molecule has 0 amide bonds. The average molecular weight is 164 g/mol. The summed E-state index contributed by atoms with van der Waals surface area (Å²) in [5.74, 6) is -0.880. The van der Waals surface area contributed by atoms with Gasteiger partial charge in [-0.25, -0.2) is 9.37 Å². The van der Waals surface area contributed by atoms with Crippen molar-refractivity contribution >= 4 is 17.4 Å². The Labute approximate surface area is 63.1 Å². The molecule has 1 heterocycles. The van der Waals surface area contributed by atoms with E-state index in [1.54, 1.807) is 0 Å². The Morgan fingerprint density at radius 2 is 2.20 bits per heavy atom. The van der Waals surface area contributed by atoms with Crippen molar-refractivity contribution < 1.29 is 4.39 Å². The quantitative estimate of drug-likeness (QED) is 0.590. The monoisotopic (exact) mass is 163 g/mol. The second-order valence-corrected chi connectivity index (χ2v) is 1.71. The number of rotatable bonds is 0. The van der Waals surface area contributed by atoms with Crippen molar-refractivity contribution in [2.45, 2.75) is 7.43 Å². The lowest BCUT2D eigenvalue weighted by atomic mass is 10.6. The lowest BCUT2D eigenvalue weighted by Gasteiger charge is -1.91. The Kier molecular flexibility index (Phi) is 3.02. The number of aromatic nitrogens is 2. The van der Waals surface area contributed by atoms with E-state index in [2.05, 4.69) is 9.97 Å². The lowest BCUT2D eigenvalue weighted by molar-refractivity contribution is 0.619. The molecule has 0 aromatic carbocycles. The van der Waals surface area contributed by atoms with E-state index in [4.69, 9.17) is 17.3 Å². The van der Waals surface area contributed by atoms with Crippen LogP contribution in [0.2, 0.25) is 5.28 Å². The first kappa shape index (κ1) is 9.10. The van der Waals surface area contributed by atoms with Crippen molar-refractivity contribution in [2.75, 3.05) is 5.73 Å². The first-order chi connectivity index (χ1) is 4.20. The molecule has 5 heteroatoms. The minimum atomic E-state index is -0.653. The number of nitrogens with two attached hydrogens (primary N) is 1. The van der Waals surface area contributed by atoms with E-state index in [0.717, 1.165) is 6.20 Å². The van der Waals surface area contributed by atoms with Crippen LogP contribution in [-0.2, 0) is 0 Å². The number of hydrogen-bond donors (Lipinski definition) is 1. The molecule has 10 heavy (non-hydrogen) atoms. The largest absolute Gasteiger partial charge is 0.381 e. The van der Waals surface area contributed by atoms with Crippen LogP contribution < -0.4 is 5.73 Å². The molecule has 1 aromatic heterocycles. The van der Waals surface area contributed by atoms with Crippen LogP contribution in [0.3, 0.4) is 0 Å². The Bertz CT molecular complexity index is 228. The molecule has 0 saturated carbocycles. The Hall–Kier alpha value is -0.900. The maximum absolute atomic E-state index is 12.2. The van der Waals surface area contributed by atoms with Crippen LogP contribution in [-0.4, -0.2) is 9.97 Å². The molecule has 0 aliphatic heterocycles. The summed E-state index contributed by atoms with van der Waals surface area (Å²) in [6.07, 6.45) is 0.921. The molecule has 0 aliphatic carbocycles. The summed E-state index contributed by atoms with van der Waals surface area (Å²) in [5, 5.41) is -0.0473. The van der Waals surface area contributed by atoms with Crippen molar-refractivity contribution in [1.29, 1.82) is 0 Å². The molecule has 56 valence electrons. The minimum Gasteiger partial charge on any atom is -0.381 e. The molecule has 0 saturated heterocycles. The highest BCUT2D eigenvalue weighted by Crippen LogP contribution is 2.06. The molecule has 0 radical (unpaired) electrons. The van der Waals surface area contributed by atoms with Gasteiger partial charge in [-0.2, -0.15) is 4.98 Å². The van der Waals surface area contributed by atoms with E-state index in [1.807, 2.05) is 0 Å². The standard InChI is InChI=1S/C4H3ClFN3.CH4/c5-4-8-1-2(6)3(7)9-4;/h1H,(H2,7,8,9);1H4. The van der Waals surface area contributed by atoms with Crippen LogP contribution in [0.15, 0.2) is 6.20 Å². The molecule has 0 aliphatic rings. The van der Waals surface area contributed by atoms with Crippen LogP contribution in [0.4, 0.5) is 10.2 Å². The van der Waals surface area contributed by atoms with Gasteiger partial charge in [0.25, 0.3) is 0 Å². The topological polar surface area (TPSA) is 51.8 Å². The van der Waals surface area contributed by atoms with Gasteiger partial charge in [0.2, 0.25) is 5.28 Å². The Balaban J connectivity index is 0.000000810. The minimum absolute atomic E-state index is 0. The molecule has 0 unspecified atom stereocenters. The summed E-state index contributed by atoms with van der Waals surface area (Å²) in [6, 6.07) is 0. The maximum atomic E-state index is 12.2. The molecule has 0 atom stereocenters. The smallest absolute Gasteiger partial charge is 0.224 e. The predicted molar refractivity (Wildman–Crippen MR) is 38.1 cm³/mol. The van der Waals surface area contributed by atoms with Gasteiger partial charge in [-0.3, -0.25) is 0 Å². The van der Waals surface area contributed by atoms with Crippen molar-refractivity contribution in [3.63, 3.8) is 0 Å². The van der Waals surface area contributed by atoms with Crippen molar-refractivity contribution in [2.24, 2.45) is 0 Å². The highest BCUT2D eigenvalue weighted by Gasteiger charge is 1.98. The predicted octanol–water partition coefficient (Wildman–Crippen LogP) is 1.49. The van der Waals surface area contributed by atoms with Crippen molar-refractivity contribution in [3.05, 3.63) is 17.3 Å². The third kappa shape index (κ3) is 1.80. The molecular formula is C5H7ClFN3. The second-order valence-electron chi connectivity index (χ2n) is 1.37. The number of hydrogen-bond acceptors (Lipinski definition) is 3. The van der Waals surface area contributed by atoms with Crippen LogP contribution in [0, 0.1) is 5.82 Å². The second kappa shape index (κ2) is 3.31. The molecule has 2 N–H and O–H groups in total. The number of nitrogens with zero attached hydrogens (tertiary/aromatic N) is 2. The molecule has 0 bridgehead atoms. The Morgan fingerprint density at radius 1 is 1.60 bits per heavy atom. The first-order valence-electron chi connectivity index (χ1n) is 2.13. The molecular weight excluding hydrogens is 157 g/mol. The lowest BCUT2D eigenvalue weighted by Crippen LogP contribution is -1.95. The average Bonchev–Trinajstić information content (AvgIpc) is 1.80. The fraction of sp³-hybridized carbons (Fsp3) is 0.200. The normalized spacial score (nSPS) is 8.60. The van der Waals surface area contributed by atoms with E-state index < -0.39 is 5.82 Å². The third-order valence-electron chi connectivity index (χ3n) is 0.742. The summed E-state index contributed by atoms with van der Waals surface area (Å²) in [4.78, 5) is 6.67. The zero-order valence-electron chi connectivity index (χ0n) is 4.31. The van der Waals surface area contributed by atoms with Gasteiger partial charge in [0.15, 0.2) is 11.6 Å². The fourth-order valence-corrected chi connectivity index (χ4v) is 0.498. The summed E-state index contributed by atoms with van der Waals surface area (Å²) < 4.78 is 12.2. The summed E-state index contributed by atoms with van der Waals surface area (Å²) in [6.45, 7) is 0. The summed E-state index contributed by atoms with van der Waals surface area (Å²) >= 11 is 5.25. The zero-order chi connectivity index (χ0) is 6.85. The molecule has 1 rings (SSSR count). The van der Waals surface area contributed by atoms with Crippen LogP contribution >= 0.6 is 11.6 Å². The van der Waals surface area contributed by atoms with Gasteiger partial charge in [-0.15, -0.1) is 0 Å². The summed E-state index contributed by atoms with van der Waals surface area (Å²) in [7, 11) is 0. The van der Waals surface area contributed by atoms with Gasteiger partial charge in [-0.1, -0.05) is 7.43 Å². The van der Waals surface area contributed by atoms with E-state index in [-0.39, 0.29) is 18.5 Å². The van der Waals surface area contributed by atoms with Gasteiger partial charge in [-0.05, 0) is 11.6 Å². The SMILES string of the molecule is C.Nc1nc(Cl)ncc1F. The van der Waals surface area contributed by atoms with Gasteiger partial charge in [0.1, 0.15) is 0 Å². The number of halogens is 2. The van der Waals surface area contributed by atoms with Crippen LogP contribution in [0.1, 0.15) is 7.43 Å². The van der Waals surface area contributed by atoms with Crippen molar-refractivity contribution in [3.8, 4) is 0 Å². The Morgan fingerprint density at radius 3 is 2.60 bits per heavy atom. The van der Waals surface area contributed by atoms with Crippen LogP contribution in [0.25, 0.3) is 0 Å². The van der Waals surface area contributed by atoms with E-state index in [9.17, 15) is 4.39 Å². The first-order valence-corrected chi connectivity index (χ1v) is 2.51. The molecule has 0 fully saturated rings. The van der Waals surface area contributed by atoms with E-state index in [0.29, 0.717) is 0 Å². The van der Waals surface area contributed by atoms with Crippen molar-refractivity contribution in [1.82, 2.24) is 9.97 Å². The summed E-state index contributed by atoms with van der Waals surface area (Å²) in [5.41, 5.74) is 5.01. The maximum Gasteiger partial charge on any atom is 0.224 e. The van der Waals surface area contributed by atoms with Gasteiger partial charge < -0.3 is 5.73 Å². The molecule has 3 nitrogen and oxygen atoms in total. The molecule has 0 spiro atoms. The van der Waals surface area contributed by atoms with Crippen LogP contribution in [0.5, 0.6) is 0 Å². The highest BCUT2D eigenvalue weighted by molar-refractivity contribution is 6.28. The zero-order valence-corrected chi connectivity index (χ0v) is 5.06. The van der Waals surface area contributed by atoms with E-state index in [1.165, 1.54) is 0 Å². The number of anilines is 1.